The van der Waals surface area contributed by atoms with Gasteiger partial charge in [0.15, 0.2) is 0 Å². The van der Waals surface area contributed by atoms with Crippen molar-refractivity contribution in [3.05, 3.63) is 35.1 Å². The van der Waals surface area contributed by atoms with Crippen LogP contribution in [0.25, 0.3) is 0 Å². The van der Waals surface area contributed by atoms with Crippen molar-refractivity contribution in [2.24, 2.45) is 5.73 Å². The first-order chi connectivity index (χ1) is 8.19. The number of hydrogen-bond acceptors (Lipinski definition) is 3. The van der Waals surface area contributed by atoms with Crippen LogP contribution in [0, 0.1) is 17.1 Å². The summed E-state index contributed by atoms with van der Waals surface area (Å²) in [5, 5.41) is 8.96. The van der Waals surface area contributed by atoms with Gasteiger partial charge in [-0.25, -0.2) is 4.39 Å². The molecule has 0 unspecified atom stereocenters. The SMILES string of the molecule is N#Cc1cc(F)ccc1CN1CCC(N)CC1. The molecule has 1 aromatic rings. The average molecular weight is 233 g/mol. The zero-order chi connectivity index (χ0) is 12.3. The van der Waals surface area contributed by atoms with Gasteiger partial charge in [-0.3, -0.25) is 4.90 Å². The molecule has 0 saturated carbocycles. The van der Waals surface area contributed by atoms with Gasteiger partial charge in [-0.05, 0) is 43.6 Å². The van der Waals surface area contributed by atoms with Crippen LogP contribution < -0.4 is 5.73 Å². The number of nitrogens with two attached hydrogens (primary N) is 1. The molecule has 0 spiro atoms. The topological polar surface area (TPSA) is 53.0 Å². The minimum absolute atomic E-state index is 0.301. The van der Waals surface area contributed by atoms with Crippen LogP contribution in [-0.2, 0) is 6.54 Å². The molecule has 0 aromatic heterocycles. The van der Waals surface area contributed by atoms with E-state index >= 15 is 0 Å². The number of likely N-dealkylation sites (tertiary alicyclic amines) is 1. The Morgan fingerprint density at radius 1 is 1.41 bits per heavy atom. The minimum Gasteiger partial charge on any atom is -0.328 e. The number of halogens is 1. The van der Waals surface area contributed by atoms with E-state index in [9.17, 15) is 4.39 Å². The summed E-state index contributed by atoms with van der Waals surface area (Å²) in [6, 6.07) is 6.75. The molecule has 1 saturated heterocycles. The smallest absolute Gasteiger partial charge is 0.124 e. The molecule has 1 aliphatic rings. The summed E-state index contributed by atoms with van der Waals surface area (Å²) in [5.41, 5.74) is 7.16. The third-order valence-electron chi connectivity index (χ3n) is 3.22. The maximum Gasteiger partial charge on any atom is 0.124 e. The standard InChI is InChI=1S/C13H16FN3/c14-12-2-1-10(11(7-12)8-15)9-17-5-3-13(16)4-6-17/h1-2,7,13H,3-6,9,16H2. The van der Waals surface area contributed by atoms with Gasteiger partial charge in [0, 0.05) is 12.6 Å². The molecule has 1 fully saturated rings. The molecule has 0 radical (unpaired) electrons. The first kappa shape index (κ1) is 12.0. The molecule has 1 heterocycles. The van der Waals surface area contributed by atoms with Crippen LogP contribution >= 0.6 is 0 Å². The molecular formula is C13H16FN3. The Bertz CT molecular complexity index is 431. The van der Waals surface area contributed by atoms with Gasteiger partial charge in [-0.1, -0.05) is 6.07 Å². The lowest BCUT2D eigenvalue weighted by Crippen LogP contribution is -2.39. The Balaban J connectivity index is 2.06. The Kier molecular flexibility index (Phi) is 3.72. The lowest BCUT2D eigenvalue weighted by molar-refractivity contribution is 0.205. The number of nitriles is 1. The van der Waals surface area contributed by atoms with Crippen LogP contribution in [0.2, 0.25) is 0 Å². The minimum atomic E-state index is -0.356. The summed E-state index contributed by atoms with van der Waals surface area (Å²) in [7, 11) is 0. The second-order valence-corrected chi connectivity index (χ2v) is 4.53. The van der Waals surface area contributed by atoms with Crippen LogP contribution in [0.3, 0.4) is 0 Å². The molecule has 0 aliphatic carbocycles. The molecule has 17 heavy (non-hydrogen) atoms. The molecule has 0 bridgehead atoms. The predicted molar refractivity (Wildman–Crippen MR) is 63.6 cm³/mol. The summed E-state index contributed by atoms with van der Waals surface area (Å²) in [6.07, 6.45) is 1.98. The molecule has 2 N–H and O–H groups in total. The van der Waals surface area contributed by atoms with Crippen LogP contribution in [0.4, 0.5) is 4.39 Å². The maximum absolute atomic E-state index is 13.0. The normalized spacial score (nSPS) is 17.9. The van der Waals surface area contributed by atoms with Crippen LogP contribution in [0.1, 0.15) is 24.0 Å². The van der Waals surface area contributed by atoms with Gasteiger partial charge >= 0.3 is 0 Å². The maximum atomic E-state index is 13.0. The van der Waals surface area contributed by atoms with E-state index in [1.54, 1.807) is 6.07 Å². The summed E-state index contributed by atoms with van der Waals surface area (Å²) >= 11 is 0. The third-order valence-corrected chi connectivity index (χ3v) is 3.22. The van der Waals surface area contributed by atoms with Crippen LogP contribution in [-0.4, -0.2) is 24.0 Å². The highest BCUT2D eigenvalue weighted by molar-refractivity contribution is 5.37. The monoisotopic (exact) mass is 233 g/mol. The summed E-state index contributed by atoms with van der Waals surface area (Å²) in [6.45, 7) is 2.60. The zero-order valence-electron chi connectivity index (χ0n) is 9.69. The van der Waals surface area contributed by atoms with Gasteiger partial charge in [0.05, 0.1) is 11.6 Å². The van der Waals surface area contributed by atoms with Crippen molar-refractivity contribution in [2.45, 2.75) is 25.4 Å². The van der Waals surface area contributed by atoms with Crippen LogP contribution in [0.15, 0.2) is 18.2 Å². The number of benzene rings is 1. The second kappa shape index (κ2) is 5.26. The van der Waals surface area contributed by atoms with Gasteiger partial charge in [0.2, 0.25) is 0 Å². The highest BCUT2D eigenvalue weighted by atomic mass is 19.1. The van der Waals surface area contributed by atoms with Crippen molar-refractivity contribution < 1.29 is 4.39 Å². The fourth-order valence-electron chi connectivity index (χ4n) is 2.14. The lowest BCUT2D eigenvalue weighted by atomic mass is 10.0. The zero-order valence-corrected chi connectivity index (χ0v) is 9.69. The number of nitrogens with zero attached hydrogens (tertiary/aromatic N) is 2. The number of rotatable bonds is 2. The van der Waals surface area contributed by atoms with E-state index < -0.39 is 0 Å². The van der Waals surface area contributed by atoms with Gasteiger partial charge in [-0.2, -0.15) is 5.26 Å². The quantitative estimate of drug-likeness (QED) is 0.844. The first-order valence-electron chi connectivity index (χ1n) is 5.85. The highest BCUT2D eigenvalue weighted by Crippen LogP contribution is 2.16. The van der Waals surface area contributed by atoms with Crippen molar-refractivity contribution in [1.82, 2.24) is 4.90 Å². The van der Waals surface area contributed by atoms with Gasteiger partial charge < -0.3 is 5.73 Å². The number of hydrogen-bond donors (Lipinski definition) is 1. The highest BCUT2D eigenvalue weighted by Gasteiger charge is 2.17. The van der Waals surface area contributed by atoms with Crippen LogP contribution in [0.5, 0.6) is 0 Å². The van der Waals surface area contributed by atoms with E-state index in [0.717, 1.165) is 31.5 Å². The van der Waals surface area contributed by atoms with Crippen molar-refractivity contribution in [3.8, 4) is 6.07 Å². The van der Waals surface area contributed by atoms with Crippen molar-refractivity contribution in [2.75, 3.05) is 13.1 Å². The largest absolute Gasteiger partial charge is 0.328 e. The summed E-state index contributed by atoms with van der Waals surface area (Å²) in [4.78, 5) is 2.26. The predicted octanol–water partition coefficient (Wildman–Crippen LogP) is 1.62. The van der Waals surface area contributed by atoms with Gasteiger partial charge in [0.1, 0.15) is 5.82 Å². The first-order valence-corrected chi connectivity index (χ1v) is 5.85. The molecule has 2 rings (SSSR count). The number of piperidine rings is 1. The summed E-state index contributed by atoms with van der Waals surface area (Å²) < 4.78 is 13.0. The molecular weight excluding hydrogens is 217 g/mol. The van der Waals surface area contributed by atoms with Crippen molar-refractivity contribution >= 4 is 0 Å². The molecule has 4 heteroatoms. The van der Waals surface area contributed by atoms with E-state index in [0.29, 0.717) is 18.2 Å². The third kappa shape index (κ3) is 3.02. The van der Waals surface area contributed by atoms with Gasteiger partial charge in [0.25, 0.3) is 0 Å². The average Bonchev–Trinajstić information content (AvgIpc) is 2.34. The fraction of sp³-hybridized carbons (Fsp3) is 0.462. The Labute approximate surface area is 101 Å². The molecule has 1 aliphatic heterocycles. The molecule has 0 atom stereocenters. The van der Waals surface area contributed by atoms with E-state index in [1.807, 2.05) is 6.07 Å². The molecule has 90 valence electrons. The van der Waals surface area contributed by atoms with E-state index in [-0.39, 0.29) is 5.82 Å². The van der Waals surface area contributed by atoms with Gasteiger partial charge in [-0.15, -0.1) is 0 Å². The van der Waals surface area contributed by atoms with E-state index in [2.05, 4.69) is 4.90 Å². The van der Waals surface area contributed by atoms with Crippen molar-refractivity contribution in [1.29, 1.82) is 5.26 Å². The summed E-state index contributed by atoms with van der Waals surface area (Å²) in [5.74, 6) is -0.356. The van der Waals surface area contributed by atoms with E-state index in [1.165, 1.54) is 12.1 Å². The Hall–Kier alpha value is -1.44. The fourth-order valence-corrected chi connectivity index (χ4v) is 2.14. The Morgan fingerprint density at radius 2 is 2.12 bits per heavy atom. The lowest BCUT2D eigenvalue weighted by Gasteiger charge is -2.30. The van der Waals surface area contributed by atoms with E-state index in [4.69, 9.17) is 11.0 Å². The molecule has 1 aromatic carbocycles. The molecule has 3 nitrogen and oxygen atoms in total. The van der Waals surface area contributed by atoms with Crippen molar-refractivity contribution in [3.63, 3.8) is 0 Å². The Morgan fingerprint density at radius 3 is 2.76 bits per heavy atom. The second-order valence-electron chi connectivity index (χ2n) is 4.53. The molecule has 0 amide bonds.